The molecule has 3 aliphatic heterocycles. The summed E-state index contributed by atoms with van der Waals surface area (Å²) in [6.45, 7) is -0.195. The van der Waals surface area contributed by atoms with E-state index >= 15 is 0 Å². The van der Waals surface area contributed by atoms with Crippen LogP contribution in [0.15, 0.2) is 21.9 Å². The topological polar surface area (TPSA) is 178 Å². The number of terminal acetylenes is 1. The maximum atomic E-state index is 12.1. The second-order valence-corrected chi connectivity index (χ2v) is 7.14. The van der Waals surface area contributed by atoms with Crippen LogP contribution in [0.2, 0.25) is 0 Å². The number of ether oxygens (including phenoxy) is 4. The molecule has 12 nitrogen and oxygen atoms in total. The van der Waals surface area contributed by atoms with Crippen LogP contribution in [0, 0.1) is 12.3 Å². The Bertz CT molecular complexity index is 926. The van der Waals surface area contributed by atoms with E-state index in [1.807, 2.05) is 0 Å². The maximum Gasteiger partial charge on any atom is 0.330 e. The van der Waals surface area contributed by atoms with E-state index in [1.54, 1.807) is 0 Å². The minimum atomic E-state index is -1.56. The van der Waals surface area contributed by atoms with Gasteiger partial charge in [-0.2, -0.15) is 0 Å². The van der Waals surface area contributed by atoms with Gasteiger partial charge in [-0.25, -0.2) is 4.79 Å². The Hall–Kier alpha value is -2.08. The molecule has 4 rings (SSSR count). The first-order valence-electron chi connectivity index (χ1n) is 8.94. The summed E-state index contributed by atoms with van der Waals surface area (Å²) >= 11 is 0. The predicted molar refractivity (Wildman–Crippen MR) is 93.4 cm³/mol. The Morgan fingerprint density at radius 3 is 2.79 bits per heavy atom. The second kappa shape index (κ2) is 7.31. The summed E-state index contributed by atoms with van der Waals surface area (Å²) in [7, 11) is 0. The van der Waals surface area contributed by atoms with Gasteiger partial charge in [-0.3, -0.25) is 14.3 Å². The smallest absolute Gasteiger partial charge is 0.330 e. The molecule has 158 valence electrons. The highest BCUT2D eigenvalue weighted by atomic mass is 16.7. The zero-order valence-electron chi connectivity index (χ0n) is 15.1. The van der Waals surface area contributed by atoms with Crippen LogP contribution in [-0.4, -0.2) is 86.5 Å². The van der Waals surface area contributed by atoms with Crippen molar-refractivity contribution in [3.8, 4) is 12.3 Å². The van der Waals surface area contributed by atoms with Gasteiger partial charge in [0.1, 0.15) is 30.5 Å². The number of nitrogens with two attached hydrogens (primary N) is 1. The number of nitrogens with zero attached hydrogens (tertiary/aromatic N) is 1. The van der Waals surface area contributed by atoms with Gasteiger partial charge in [0, 0.05) is 18.8 Å². The summed E-state index contributed by atoms with van der Waals surface area (Å²) < 4.78 is 23.6. The van der Waals surface area contributed by atoms with Gasteiger partial charge >= 0.3 is 5.69 Å². The van der Waals surface area contributed by atoms with E-state index in [0.717, 1.165) is 10.6 Å². The third kappa shape index (κ3) is 3.03. The molecule has 1 aromatic heterocycles. The normalized spacial score (nSPS) is 42.1. The minimum absolute atomic E-state index is 0.0501. The molecule has 4 heterocycles. The molecule has 12 heteroatoms. The molecule has 0 aliphatic carbocycles. The standard InChI is InChI=1S/C17H21N3O9/c1-2-8(28-15-11(23)10(22)7(5-18)27-15)17-6-26-12(13(17)24)14(29-17)20-4-3-9(21)19-16(20)25/h1,3-4,7-8,10-15,22-24H,5-6,18H2,(H,19,21,25)/t7-,8+,10-,11-,12-,13+,14-,15+,17-/m1/s1. The van der Waals surface area contributed by atoms with Gasteiger partial charge in [0.2, 0.25) is 0 Å². The van der Waals surface area contributed by atoms with Gasteiger partial charge < -0.3 is 40.0 Å². The quantitative estimate of drug-likeness (QED) is 0.300. The largest absolute Gasteiger partial charge is 0.387 e. The highest BCUT2D eigenvalue weighted by molar-refractivity contribution is 5.19. The molecule has 3 fully saturated rings. The van der Waals surface area contributed by atoms with Gasteiger partial charge in [-0.1, -0.05) is 5.92 Å². The lowest BCUT2D eigenvalue weighted by molar-refractivity contribution is -0.252. The molecular formula is C17H21N3O9. The van der Waals surface area contributed by atoms with E-state index in [1.165, 1.54) is 6.20 Å². The van der Waals surface area contributed by atoms with Crippen molar-refractivity contribution < 1.29 is 34.3 Å². The summed E-state index contributed by atoms with van der Waals surface area (Å²) in [6, 6.07) is 1.13. The monoisotopic (exact) mass is 411 g/mol. The highest BCUT2D eigenvalue weighted by Crippen LogP contribution is 2.47. The van der Waals surface area contributed by atoms with E-state index < -0.39 is 66.0 Å². The molecule has 1 aromatic rings. The predicted octanol–water partition coefficient (Wildman–Crippen LogP) is -4.01. The number of aromatic nitrogens is 2. The number of hydrogen-bond acceptors (Lipinski definition) is 10. The number of aliphatic hydroxyl groups excluding tert-OH is 3. The first-order valence-corrected chi connectivity index (χ1v) is 8.94. The fraction of sp³-hybridized carbons (Fsp3) is 0.647. The van der Waals surface area contributed by atoms with Crippen LogP contribution in [0.25, 0.3) is 0 Å². The number of aliphatic hydroxyl groups is 3. The van der Waals surface area contributed by atoms with Crippen molar-refractivity contribution in [2.75, 3.05) is 13.2 Å². The molecule has 6 N–H and O–H groups in total. The van der Waals surface area contributed by atoms with Crippen molar-refractivity contribution in [3.63, 3.8) is 0 Å². The van der Waals surface area contributed by atoms with Crippen molar-refractivity contribution in [2.24, 2.45) is 5.73 Å². The molecule has 0 radical (unpaired) electrons. The van der Waals surface area contributed by atoms with Gasteiger partial charge in [-0.05, 0) is 0 Å². The van der Waals surface area contributed by atoms with E-state index in [4.69, 9.17) is 31.1 Å². The van der Waals surface area contributed by atoms with Crippen molar-refractivity contribution in [1.29, 1.82) is 0 Å². The molecular weight excluding hydrogens is 390 g/mol. The lowest BCUT2D eigenvalue weighted by Crippen LogP contribution is -2.54. The van der Waals surface area contributed by atoms with E-state index in [0.29, 0.717) is 0 Å². The zero-order valence-corrected chi connectivity index (χ0v) is 15.1. The molecule has 3 saturated heterocycles. The fourth-order valence-electron chi connectivity index (χ4n) is 3.90. The maximum absolute atomic E-state index is 12.1. The van der Waals surface area contributed by atoms with Crippen molar-refractivity contribution in [3.05, 3.63) is 33.1 Å². The van der Waals surface area contributed by atoms with E-state index in [-0.39, 0.29) is 13.2 Å². The zero-order chi connectivity index (χ0) is 20.9. The van der Waals surface area contributed by atoms with Crippen LogP contribution in [0.1, 0.15) is 6.23 Å². The third-order valence-electron chi connectivity index (χ3n) is 5.48. The summed E-state index contributed by atoms with van der Waals surface area (Å²) in [6.07, 6.45) is -2.58. The number of hydrogen-bond donors (Lipinski definition) is 5. The number of nitrogens with one attached hydrogen (secondary N) is 1. The SMILES string of the molecule is C#C[C@H](O[C@@H]1O[C@H](CN)[C@@H](O)[C@H]1O)[C@@]12CO[C@@H]([C@H](n3ccc(=O)[nH]c3=O)O1)[C@@H]2O. The molecule has 0 unspecified atom stereocenters. The average molecular weight is 411 g/mol. The Morgan fingerprint density at radius 1 is 1.41 bits per heavy atom. The van der Waals surface area contributed by atoms with Gasteiger partial charge in [0.25, 0.3) is 5.56 Å². The number of fused-ring (bicyclic) bond motifs is 2. The van der Waals surface area contributed by atoms with Crippen molar-refractivity contribution >= 4 is 0 Å². The molecule has 3 aliphatic rings. The summed E-state index contributed by atoms with van der Waals surface area (Å²) in [5.74, 6) is 2.35. The third-order valence-corrected chi connectivity index (χ3v) is 5.48. The highest BCUT2D eigenvalue weighted by Gasteiger charge is 2.66. The fourth-order valence-corrected chi connectivity index (χ4v) is 3.90. The number of H-pyrrole nitrogens is 1. The minimum Gasteiger partial charge on any atom is -0.387 e. The molecule has 0 amide bonds. The molecule has 29 heavy (non-hydrogen) atoms. The lowest BCUT2D eigenvalue weighted by atomic mass is 9.92. The van der Waals surface area contributed by atoms with Gasteiger partial charge in [-0.15, -0.1) is 6.42 Å². The first-order chi connectivity index (χ1) is 13.8. The van der Waals surface area contributed by atoms with Crippen LogP contribution in [0.5, 0.6) is 0 Å². The molecule has 0 spiro atoms. The Kier molecular flexibility index (Phi) is 5.09. The van der Waals surface area contributed by atoms with Gasteiger partial charge in [0.05, 0.1) is 6.61 Å². The van der Waals surface area contributed by atoms with Crippen LogP contribution in [0.3, 0.4) is 0 Å². The van der Waals surface area contributed by atoms with Crippen LogP contribution < -0.4 is 17.0 Å². The Labute approximate surface area is 163 Å². The number of rotatable bonds is 5. The molecule has 9 atom stereocenters. The summed E-state index contributed by atoms with van der Waals surface area (Å²) in [4.78, 5) is 25.5. The van der Waals surface area contributed by atoms with Crippen molar-refractivity contribution in [2.45, 2.75) is 54.7 Å². The van der Waals surface area contributed by atoms with E-state index in [2.05, 4.69) is 10.9 Å². The second-order valence-electron chi connectivity index (χ2n) is 7.14. The summed E-state index contributed by atoms with van der Waals surface area (Å²) in [5, 5.41) is 30.8. The molecule has 2 bridgehead atoms. The average Bonchev–Trinajstić information content (AvgIpc) is 3.27. The summed E-state index contributed by atoms with van der Waals surface area (Å²) in [5.41, 5.74) is 2.59. The van der Waals surface area contributed by atoms with Crippen molar-refractivity contribution in [1.82, 2.24) is 9.55 Å². The lowest BCUT2D eigenvalue weighted by Gasteiger charge is -2.36. The Morgan fingerprint density at radius 2 is 2.17 bits per heavy atom. The van der Waals surface area contributed by atoms with E-state index in [9.17, 15) is 24.9 Å². The first kappa shape index (κ1) is 20.2. The van der Waals surface area contributed by atoms with Crippen LogP contribution >= 0.6 is 0 Å². The van der Waals surface area contributed by atoms with Crippen LogP contribution in [0.4, 0.5) is 0 Å². The number of aromatic amines is 1. The molecule has 0 saturated carbocycles. The Balaban J connectivity index is 1.59. The molecule has 0 aromatic carbocycles. The van der Waals surface area contributed by atoms with Gasteiger partial charge in [0.15, 0.2) is 24.2 Å². The van der Waals surface area contributed by atoms with Crippen LogP contribution in [-0.2, 0) is 18.9 Å².